The highest BCUT2D eigenvalue weighted by Gasteiger charge is 2.09. The summed E-state index contributed by atoms with van der Waals surface area (Å²) in [6.45, 7) is 3.70. The lowest BCUT2D eigenvalue weighted by Crippen LogP contribution is -2.15. The number of nitrogens with one attached hydrogen (secondary N) is 1. The monoisotopic (exact) mass is 242 g/mol. The molecule has 1 heterocycles. The average Bonchev–Trinajstić information content (AvgIpc) is 2.33. The van der Waals surface area contributed by atoms with E-state index in [4.69, 9.17) is 5.73 Å². The average molecular weight is 242 g/mol. The van der Waals surface area contributed by atoms with E-state index in [1.807, 2.05) is 13.8 Å². The van der Waals surface area contributed by atoms with Crippen molar-refractivity contribution in [3.63, 3.8) is 0 Å². The normalized spacial score (nSPS) is 10.1. The molecule has 5 nitrogen and oxygen atoms in total. The highest BCUT2D eigenvalue weighted by Crippen LogP contribution is 2.18. The maximum absolute atomic E-state index is 11.9. The predicted octanol–water partition coefficient (Wildman–Crippen LogP) is 1.93. The molecule has 5 heteroatoms. The van der Waals surface area contributed by atoms with E-state index in [0.717, 1.165) is 16.9 Å². The summed E-state index contributed by atoms with van der Waals surface area (Å²) in [6.07, 6.45) is 3.02. The predicted molar refractivity (Wildman–Crippen MR) is 70.3 cm³/mol. The number of hydrogen-bond donors (Lipinski definition) is 2. The quantitative estimate of drug-likeness (QED) is 0.788. The summed E-state index contributed by atoms with van der Waals surface area (Å²) >= 11 is 0. The summed E-state index contributed by atoms with van der Waals surface area (Å²) in [4.78, 5) is 20.0. The van der Waals surface area contributed by atoms with Crippen LogP contribution in [0.25, 0.3) is 0 Å². The van der Waals surface area contributed by atoms with Gasteiger partial charge in [0.1, 0.15) is 5.69 Å². The van der Waals surface area contributed by atoms with Gasteiger partial charge >= 0.3 is 0 Å². The first-order valence-corrected chi connectivity index (χ1v) is 5.52. The van der Waals surface area contributed by atoms with Crippen LogP contribution in [0.15, 0.2) is 30.6 Å². The maximum Gasteiger partial charge on any atom is 0.275 e. The molecule has 0 bridgehead atoms. The van der Waals surface area contributed by atoms with Crippen LogP contribution >= 0.6 is 0 Å². The van der Waals surface area contributed by atoms with Crippen LogP contribution in [0.3, 0.4) is 0 Å². The molecule has 0 aliphatic heterocycles. The lowest BCUT2D eigenvalue weighted by Gasteiger charge is -2.08. The molecule has 0 radical (unpaired) electrons. The zero-order chi connectivity index (χ0) is 13.1. The van der Waals surface area contributed by atoms with Crippen LogP contribution in [0.1, 0.15) is 21.7 Å². The Kier molecular flexibility index (Phi) is 3.23. The molecule has 2 aromatic rings. The molecule has 0 saturated heterocycles. The zero-order valence-electron chi connectivity index (χ0n) is 10.3. The number of rotatable bonds is 2. The molecule has 1 aromatic carbocycles. The van der Waals surface area contributed by atoms with Gasteiger partial charge in [-0.25, -0.2) is 4.98 Å². The summed E-state index contributed by atoms with van der Waals surface area (Å²) in [6, 6.07) is 5.31. The van der Waals surface area contributed by atoms with E-state index in [9.17, 15) is 4.79 Å². The number of anilines is 2. The second-order valence-electron chi connectivity index (χ2n) is 4.07. The van der Waals surface area contributed by atoms with Gasteiger partial charge in [-0.3, -0.25) is 9.78 Å². The molecule has 0 saturated carbocycles. The van der Waals surface area contributed by atoms with Crippen LogP contribution in [0.4, 0.5) is 11.4 Å². The molecule has 3 N–H and O–H groups in total. The van der Waals surface area contributed by atoms with Gasteiger partial charge in [0.05, 0.1) is 11.9 Å². The number of benzene rings is 1. The topological polar surface area (TPSA) is 80.9 Å². The van der Waals surface area contributed by atoms with Gasteiger partial charge in [-0.1, -0.05) is 0 Å². The van der Waals surface area contributed by atoms with Crippen molar-refractivity contribution in [1.29, 1.82) is 0 Å². The van der Waals surface area contributed by atoms with E-state index in [-0.39, 0.29) is 11.6 Å². The number of hydrogen-bond acceptors (Lipinski definition) is 4. The van der Waals surface area contributed by atoms with Crippen LogP contribution in [-0.4, -0.2) is 15.9 Å². The van der Waals surface area contributed by atoms with Gasteiger partial charge in [-0.15, -0.1) is 0 Å². The van der Waals surface area contributed by atoms with Crippen molar-refractivity contribution in [1.82, 2.24) is 9.97 Å². The van der Waals surface area contributed by atoms with Gasteiger partial charge in [-0.2, -0.15) is 0 Å². The highest BCUT2D eigenvalue weighted by atomic mass is 16.1. The van der Waals surface area contributed by atoms with Crippen LogP contribution in [-0.2, 0) is 0 Å². The molecule has 18 heavy (non-hydrogen) atoms. The van der Waals surface area contributed by atoms with Crippen LogP contribution < -0.4 is 11.1 Å². The van der Waals surface area contributed by atoms with Crippen LogP contribution in [0.2, 0.25) is 0 Å². The number of amides is 1. The fourth-order valence-electron chi connectivity index (χ4n) is 1.52. The van der Waals surface area contributed by atoms with E-state index in [2.05, 4.69) is 15.3 Å². The van der Waals surface area contributed by atoms with Gasteiger partial charge in [0, 0.05) is 17.6 Å². The van der Waals surface area contributed by atoms with Crippen LogP contribution in [0, 0.1) is 13.8 Å². The van der Waals surface area contributed by atoms with Gasteiger partial charge < -0.3 is 11.1 Å². The third-order valence-electron chi connectivity index (χ3n) is 2.51. The Bertz CT molecular complexity index is 578. The van der Waals surface area contributed by atoms with Crippen LogP contribution in [0.5, 0.6) is 0 Å². The largest absolute Gasteiger partial charge is 0.399 e. The Morgan fingerprint density at radius 3 is 2.61 bits per heavy atom. The van der Waals surface area contributed by atoms with E-state index in [1.54, 1.807) is 24.4 Å². The first-order chi connectivity index (χ1) is 8.56. The van der Waals surface area contributed by atoms with Gasteiger partial charge in [0.15, 0.2) is 0 Å². The molecule has 0 unspecified atom stereocenters. The number of nitrogens with two attached hydrogens (primary N) is 1. The first-order valence-electron chi connectivity index (χ1n) is 5.52. The molecule has 0 spiro atoms. The number of nitrogen functional groups attached to an aromatic ring is 1. The fraction of sp³-hybridized carbons (Fsp3) is 0.154. The number of nitrogens with zero attached hydrogens (tertiary/aromatic N) is 2. The van der Waals surface area contributed by atoms with Gasteiger partial charge in [-0.05, 0) is 37.6 Å². The fourth-order valence-corrected chi connectivity index (χ4v) is 1.52. The van der Waals surface area contributed by atoms with E-state index >= 15 is 0 Å². The summed E-state index contributed by atoms with van der Waals surface area (Å²) in [5.41, 5.74) is 9.01. The maximum atomic E-state index is 11.9. The second-order valence-corrected chi connectivity index (χ2v) is 4.07. The Morgan fingerprint density at radius 1 is 1.22 bits per heavy atom. The molecule has 0 aliphatic carbocycles. The molecular weight excluding hydrogens is 228 g/mol. The number of aryl methyl sites for hydroxylation is 2. The Hall–Kier alpha value is -2.43. The van der Waals surface area contributed by atoms with Crippen molar-refractivity contribution in [2.45, 2.75) is 13.8 Å². The lowest BCUT2D eigenvalue weighted by molar-refractivity contribution is 0.102. The first kappa shape index (κ1) is 12.0. The van der Waals surface area contributed by atoms with Crippen molar-refractivity contribution in [3.05, 3.63) is 47.5 Å². The third kappa shape index (κ3) is 2.63. The van der Waals surface area contributed by atoms with Crippen molar-refractivity contribution in [3.8, 4) is 0 Å². The van der Waals surface area contributed by atoms with E-state index in [0.29, 0.717) is 5.69 Å². The molecular formula is C13H14N4O. The summed E-state index contributed by atoms with van der Waals surface area (Å²) in [5.74, 6) is -0.282. The Labute approximate surface area is 105 Å². The molecule has 1 amide bonds. The molecule has 1 aromatic heterocycles. The molecule has 0 aliphatic rings. The minimum atomic E-state index is -0.282. The third-order valence-corrected chi connectivity index (χ3v) is 2.51. The number of aromatic nitrogens is 2. The smallest absolute Gasteiger partial charge is 0.275 e. The number of carbonyl (C=O) groups excluding carboxylic acids is 1. The lowest BCUT2D eigenvalue weighted by atomic mass is 10.2. The molecule has 0 atom stereocenters. The van der Waals surface area contributed by atoms with Gasteiger partial charge in [0.2, 0.25) is 0 Å². The van der Waals surface area contributed by atoms with Gasteiger partial charge in [0.25, 0.3) is 5.91 Å². The minimum absolute atomic E-state index is 0.282. The highest BCUT2D eigenvalue weighted by molar-refractivity contribution is 6.03. The van der Waals surface area contributed by atoms with Crippen molar-refractivity contribution in [2.24, 2.45) is 0 Å². The minimum Gasteiger partial charge on any atom is -0.399 e. The molecule has 2 rings (SSSR count). The summed E-state index contributed by atoms with van der Waals surface area (Å²) in [5, 5.41) is 2.78. The van der Waals surface area contributed by atoms with Crippen molar-refractivity contribution >= 4 is 17.3 Å². The molecule has 0 fully saturated rings. The van der Waals surface area contributed by atoms with Crippen molar-refractivity contribution < 1.29 is 4.79 Å². The second kappa shape index (κ2) is 4.83. The van der Waals surface area contributed by atoms with Crippen molar-refractivity contribution in [2.75, 3.05) is 11.1 Å². The SMILES string of the molecule is Cc1cnc(C(=O)Nc2ccc(N)cc2C)cn1. The standard InChI is InChI=1S/C13H14N4O/c1-8-5-10(14)3-4-11(8)17-13(18)12-7-15-9(2)6-16-12/h3-7H,14H2,1-2H3,(H,17,18). The Morgan fingerprint density at radius 2 is 2.00 bits per heavy atom. The Balaban J connectivity index is 2.18. The molecule has 92 valence electrons. The van der Waals surface area contributed by atoms with E-state index in [1.165, 1.54) is 6.20 Å². The summed E-state index contributed by atoms with van der Waals surface area (Å²) < 4.78 is 0. The summed E-state index contributed by atoms with van der Waals surface area (Å²) in [7, 11) is 0. The number of carbonyl (C=O) groups is 1. The zero-order valence-corrected chi connectivity index (χ0v) is 10.3. The van der Waals surface area contributed by atoms with E-state index < -0.39 is 0 Å².